The molecule has 0 aromatic rings. The minimum absolute atomic E-state index is 0.151. The zero-order valence-corrected chi connectivity index (χ0v) is 10.9. The number of nitrogens with one attached hydrogen (secondary N) is 1. The second-order valence-electron chi connectivity index (χ2n) is 5.11. The molecule has 1 rings (SSSR count). The number of hydrogen-bond donors (Lipinski definition) is 2. The number of rotatable bonds is 7. The van der Waals surface area contributed by atoms with E-state index in [-0.39, 0.29) is 12.0 Å². The number of carbonyl (C=O) groups is 1. The second kappa shape index (κ2) is 7.67. The van der Waals surface area contributed by atoms with Crippen LogP contribution in [0.1, 0.15) is 39.5 Å². The zero-order chi connectivity index (χ0) is 12.7. The van der Waals surface area contributed by atoms with E-state index in [0.29, 0.717) is 12.5 Å². The fourth-order valence-corrected chi connectivity index (χ4v) is 2.43. The first kappa shape index (κ1) is 14.5. The Balaban J connectivity index is 2.17. The summed E-state index contributed by atoms with van der Waals surface area (Å²) in [6.45, 7) is 6.34. The molecule has 2 atom stereocenters. The molecule has 0 heterocycles. The Kier molecular flexibility index (Phi) is 6.52. The SMILES string of the molecule is CC(C)OCCNCC1CCCCC1C(=O)O. The highest BCUT2D eigenvalue weighted by atomic mass is 16.5. The van der Waals surface area contributed by atoms with Crippen molar-refractivity contribution in [1.82, 2.24) is 5.32 Å². The van der Waals surface area contributed by atoms with Crippen molar-refractivity contribution < 1.29 is 14.6 Å². The number of hydrogen-bond acceptors (Lipinski definition) is 3. The summed E-state index contributed by atoms with van der Waals surface area (Å²) in [5, 5.41) is 12.4. The third kappa shape index (κ3) is 5.50. The first-order valence-corrected chi connectivity index (χ1v) is 6.66. The lowest BCUT2D eigenvalue weighted by Gasteiger charge is -2.28. The molecule has 0 amide bonds. The monoisotopic (exact) mass is 243 g/mol. The molecule has 0 aromatic heterocycles. The molecule has 0 aliphatic heterocycles. The normalized spacial score (nSPS) is 25.1. The van der Waals surface area contributed by atoms with E-state index in [1.165, 1.54) is 6.42 Å². The van der Waals surface area contributed by atoms with Gasteiger partial charge in [0.25, 0.3) is 0 Å². The van der Waals surface area contributed by atoms with Crippen LogP contribution in [0.25, 0.3) is 0 Å². The van der Waals surface area contributed by atoms with E-state index < -0.39 is 5.97 Å². The summed E-state index contributed by atoms with van der Waals surface area (Å²) in [7, 11) is 0. The number of carboxylic acid groups (broad SMARTS) is 1. The highest BCUT2D eigenvalue weighted by Gasteiger charge is 2.30. The van der Waals surface area contributed by atoms with Crippen molar-refractivity contribution in [3.8, 4) is 0 Å². The van der Waals surface area contributed by atoms with Crippen molar-refractivity contribution in [3.05, 3.63) is 0 Å². The molecular weight excluding hydrogens is 218 g/mol. The average molecular weight is 243 g/mol. The summed E-state index contributed by atoms with van der Waals surface area (Å²) in [6.07, 6.45) is 4.36. The summed E-state index contributed by atoms with van der Waals surface area (Å²) in [5.74, 6) is -0.488. The van der Waals surface area contributed by atoms with Crippen LogP contribution in [0.3, 0.4) is 0 Å². The van der Waals surface area contributed by atoms with Crippen molar-refractivity contribution in [2.45, 2.75) is 45.6 Å². The summed E-state index contributed by atoms with van der Waals surface area (Å²) in [4.78, 5) is 11.1. The molecule has 0 saturated heterocycles. The highest BCUT2D eigenvalue weighted by Crippen LogP contribution is 2.29. The lowest BCUT2D eigenvalue weighted by Crippen LogP contribution is -2.36. The molecule has 100 valence electrons. The standard InChI is InChI=1S/C13H25NO3/c1-10(2)17-8-7-14-9-11-5-3-4-6-12(11)13(15)16/h10-12,14H,3-9H2,1-2H3,(H,15,16). The van der Waals surface area contributed by atoms with Crippen molar-refractivity contribution in [2.24, 2.45) is 11.8 Å². The van der Waals surface area contributed by atoms with E-state index in [2.05, 4.69) is 5.32 Å². The Morgan fingerprint density at radius 3 is 2.76 bits per heavy atom. The van der Waals surface area contributed by atoms with Crippen LogP contribution in [0.15, 0.2) is 0 Å². The quantitative estimate of drug-likeness (QED) is 0.670. The van der Waals surface area contributed by atoms with Gasteiger partial charge in [0.1, 0.15) is 0 Å². The van der Waals surface area contributed by atoms with Gasteiger partial charge in [-0.15, -0.1) is 0 Å². The molecule has 2 N–H and O–H groups in total. The fraction of sp³-hybridized carbons (Fsp3) is 0.923. The maximum atomic E-state index is 11.1. The van der Waals surface area contributed by atoms with Crippen LogP contribution in [0.2, 0.25) is 0 Å². The van der Waals surface area contributed by atoms with Crippen LogP contribution in [0, 0.1) is 11.8 Å². The van der Waals surface area contributed by atoms with Crippen LogP contribution >= 0.6 is 0 Å². The molecule has 17 heavy (non-hydrogen) atoms. The Bertz CT molecular complexity index is 231. The lowest BCUT2D eigenvalue weighted by atomic mass is 9.79. The van der Waals surface area contributed by atoms with Crippen LogP contribution in [-0.4, -0.2) is 36.9 Å². The molecule has 1 saturated carbocycles. The fourth-order valence-electron chi connectivity index (χ4n) is 2.43. The Hall–Kier alpha value is -0.610. The summed E-state index contributed by atoms with van der Waals surface area (Å²) in [5.41, 5.74) is 0. The highest BCUT2D eigenvalue weighted by molar-refractivity contribution is 5.70. The van der Waals surface area contributed by atoms with Crippen molar-refractivity contribution in [2.75, 3.05) is 19.7 Å². The van der Waals surface area contributed by atoms with Gasteiger partial charge in [0.05, 0.1) is 18.6 Å². The van der Waals surface area contributed by atoms with Crippen LogP contribution in [0.4, 0.5) is 0 Å². The molecule has 2 unspecified atom stereocenters. The maximum absolute atomic E-state index is 11.1. The summed E-state index contributed by atoms with van der Waals surface area (Å²) >= 11 is 0. The molecule has 0 radical (unpaired) electrons. The van der Waals surface area contributed by atoms with E-state index in [1.54, 1.807) is 0 Å². The Morgan fingerprint density at radius 1 is 1.41 bits per heavy atom. The summed E-state index contributed by atoms with van der Waals surface area (Å²) in [6, 6.07) is 0. The minimum atomic E-state index is -0.630. The molecule has 4 heteroatoms. The van der Waals surface area contributed by atoms with Gasteiger partial charge in [0.2, 0.25) is 0 Å². The van der Waals surface area contributed by atoms with Gasteiger partial charge < -0.3 is 15.2 Å². The van der Waals surface area contributed by atoms with E-state index in [1.807, 2.05) is 13.8 Å². The molecular formula is C13H25NO3. The van der Waals surface area contributed by atoms with Crippen LogP contribution in [-0.2, 0) is 9.53 Å². The van der Waals surface area contributed by atoms with E-state index in [0.717, 1.165) is 32.4 Å². The molecule has 1 aliphatic rings. The van der Waals surface area contributed by atoms with Gasteiger partial charge in [-0.1, -0.05) is 12.8 Å². The van der Waals surface area contributed by atoms with Gasteiger partial charge in [0.15, 0.2) is 0 Å². The first-order chi connectivity index (χ1) is 8.11. The Morgan fingerprint density at radius 2 is 2.12 bits per heavy atom. The van der Waals surface area contributed by atoms with Crippen molar-refractivity contribution in [3.63, 3.8) is 0 Å². The third-order valence-corrected chi connectivity index (χ3v) is 3.36. The lowest BCUT2D eigenvalue weighted by molar-refractivity contribution is -0.144. The van der Waals surface area contributed by atoms with Crippen molar-refractivity contribution in [1.29, 1.82) is 0 Å². The minimum Gasteiger partial charge on any atom is -0.481 e. The van der Waals surface area contributed by atoms with Crippen molar-refractivity contribution >= 4 is 5.97 Å². The number of aliphatic carboxylic acids is 1. The molecule has 0 bridgehead atoms. The first-order valence-electron chi connectivity index (χ1n) is 6.66. The molecule has 0 aromatic carbocycles. The second-order valence-corrected chi connectivity index (χ2v) is 5.11. The summed E-state index contributed by atoms with van der Waals surface area (Å²) < 4.78 is 5.43. The smallest absolute Gasteiger partial charge is 0.306 e. The molecule has 0 spiro atoms. The van der Waals surface area contributed by atoms with Gasteiger partial charge >= 0.3 is 5.97 Å². The number of ether oxygens (including phenoxy) is 1. The van der Waals surface area contributed by atoms with Gasteiger partial charge in [-0.05, 0) is 39.2 Å². The topological polar surface area (TPSA) is 58.6 Å². The number of carboxylic acids is 1. The van der Waals surface area contributed by atoms with E-state index >= 15 is 0 Å². The van der Waals surface area contributed by atoms with Crippen LogP contribution in [0.5, 0.6) is 0 Å². The van der Waals surface area contributed by atoms with Gasteiger partial charge in [-0.3, -0.25) is 4.79 Å². The third-order valence-electron chi connectivity index (χ3n) is 3.36. The van der Waals surface area contributed by atoms with E-state index in [4.69, 9.17) is 9.84 Å². The predicted octanol–water partition coefficient (Wildman–Crippen LogP) is 1.89. The van der Waals surface area contributed by atoms with Gasteiger partial charge in [0, 0.05) is 6.54 Å². The Labute approximate surface area is 104 Å². The molecule has 4 nitrogen and oxygen atoms in total. The molecule has 1 fully saturated rings. The van der Waals surface area contributed by atoms with Crippen LogP contribution < -0.4 is 5.32 Å². The average Bonchev–Trinajstić information content (AvgIpc) is 2.28. The maximum Gasteiger partial charge on any atom is 0.306 e. The largest absolute Gasteiger partial charge is 0.481 e. The van der Waals surface area contributed by atoms with Gasteiger partial charge in [-0.2, -0.15) is 0 Å². The predicted molar refractivity (Wildman–Crippen MR) is 67.0 cm³/mol. The zero-order valence-electron chi connectivity index (χ0n) is 10.9. The van der Waals surface area contributed by atoms with E-state index in [9.17, 15) is 4.79 Å². The molecule has 1 aliphatic carbocycles. The van der Waals surface area contributed by atoms with Gasteiger partial charge in [-0.25, -0.2) is 0 Å².